The van der Waals surface area contributed by atoms with Crippen LogP contribution < -0.4 is 0 Å². The number of rotatable bonds is 3. The van der Waals surface area contributed by atoms with E-state index in [0.29, 0.717) is 10.3 Å². The number of nitrogens with zero attached hydrogens (tertiary/aromatic N) is 2. The van der Waals surface area contributed by atoms with Crippen LogP contribution in [0.15, 0.2) is 35.3 Å². The van der Waals surface area contributed by atoms with Crippen LogP contribution in [0.3, 0.4) is 0 Å². The Kier molecular flexibility index (Phi) is 5.43. The number of halogens is 1. The molecule has 16 heavy (non-hydrogen) atoms. The molecule has 0 aromatic heterocycles. The van der Waals surface area contributed by atoms with Crippen molar-refractivity contribution < 1.29 is 0 Å². The van der Waals surface area contributed by atoms with E-state index >= 15 is 0 Å². The zero-order valence-electron chi connectivity index (χ0n) is 9.48. The summed E-state index contributed by atoms with van der Waals surface area (Å²) in [6.45, 7) is 5.78. The maximum absolute atomic E-state index is 6.09. The Hall–Kier alpha value is -0.930. The molecule has 0 fully saturated rings. The summed E-state index contributed by atoms with van der Waals surface area (Å²) in [5.41, 5.74) is 0.888. The van der Waals surface area contributed by atoms with Crippen LogP contribution in [0, 0.1) is 0 Å². The predicted octanol–water partition coefficient (Wildman–Crippen LogP) is 3.30. The van der Waals surface area contributed by atoms with Gasteiger partial charge in [-0.15, -0.1) is 0 Å². The van der Waals surface area contributed by atoms with Gasteiger partial charge in [0.05, 0.1) is 0 Å². The van der Waals surface area contributed by atoms with E-state index in [0.717, 1.165) is 18.7 Å². The maximum atomic E-state index is 6.09. The van der Waals surface area contributed by atoms with Crippen LogP contribution >= 0.6 is 23.8 Å². The summed E-state index contributed by atoms with van der Waals surface area (Å²) in [5, 5.41) is 0.983. The van der Waals surface area contributed by atoms with Crippen LogP contribution in [-0.2, 0) is 0 Å². The van der Waals surface area contributed by atoms with Gasteiger partial charge in [0.15, 0.2) is 5.11 Å². The Labute approximate surface area is 107 Å². The monoisotopic (exact) mass is 254 g/mol. The molecular weight excluding hydrogens is 240 g/mol. The Morgan fingerprint density at radius 1 is 1.25 bits per heavy atom. The molecule has 0 amide bonds. The van der Waals surface area contributed by atoms with Gasteiger partial charge in [-0.25, -0.2) is 4.99 Å². The first-order chi connectivity index (χ1) is 7.69. The van der Waals surface area contributed by atoms with Crippen molar-refractivity contribution in [3.63, 3.8) is 0 Å². The summed E-state index contributed by atoms with van der Waals surface area (Å²) in [7, 11) is 0. The molecule has 0 aliphatic rings. The highest BCUT2D eigenvalue weighted by atomic mass is 35.5. The molecule has 4 heteroatoms. The molecule has 0 bridgehead atoms. The molecule has 0 atom stereocenters. The van der Waals surface area contributed by atoms with Crippen LogP contribution in [-0.4, -0.2) is 28.3 Å². The van der Waals surface area contributed by atoms with Gasteiger partial charge in [-0.05, 0) is 26.1 Å². The number of aliphatic imine (C=N–C) groups is 1. The summed E-state index contributed by atoms with van der Waals surface area (Å²) in [6, 6.07) is 9.62. The molecule has 0 heterocycles. The quantitative estimate of drug-likeness (QED) is 0.608. The predicted molar refractivity (Wildman–Crippen MR) is 74.4 cm³/mol. The Morgan fingerprint density at radius 2 is 1.81 bits per heavy atom. The number of benzene rings is 1. The number of hydrogen-bond donors (Lipinski definition) is 0. The van der Waals surface area contributed by atoms with E-state index in [2.05, 4.69) is 4.99 Å². The van der Waals surface area contributed by atoms with Gasteiger partial charge in [-0.1, -0.05) is 41.9 Å². The van der Waals surface area contributed by atoms with Crippen molar-refractivity contribution in [2.75, 3.05) is 13.1 Å². The summed E-state index contributed by atoms with van der Waals surface area (Å²) in [5.74, 6) is 0. The van der Waals surface area contributed by atoms with E-state index < -0.39 is 0 Å². The molecule has 0 saturated heterocycles. The first kappa shape index (κ1) is 13.1. The van der Waals surface area contributed by atoms with Crippen molar-refractivity contribution in [3.05, 3.63) is 35.9 Å². The van der Waals surface area contributed by atoms with Crippen molar-refractivity contribution >= 4 is 34.1 Å². The van der Waals surface area contributed by atoms with Crippen molar-refractivity contribution in [1.82, 2.24) is 4.90 Å². The largest absolute Gasteiger partial charge is 0.348 e. The lowest BCUT2D eigenvalue weighted by atomic mass is 10.2. The fourth-order valence-corrected chi connectivity index (χ4v) is 1.89. The maximum Gasteiger partial charge on any atom is 0.196 e. The lowest BCUT2D eigenvalue weighted by molar-refractivity contribution is 0.469. The average molecular weight is 255 g/mol. The Bertz CT molecular complexity index is 372. The van der Waals surface area contributed by atoms with E-state index in [9.17, 15) is 0 Å². The second-order valence-corrected chi connectivity index (χ2v) is 3.95. The summed E-state index contributed by atoms with van der Waals surface area (Å²) >= 11 is 11.3. The molecule has 0 unspecified atom stereocenters. The van der Waals surface area contributed by atoms with Gasteiger partial charge in [0.25, 0.3) is 0 Å². The van der Waals surface area contributed by atoms with Crippen LogP contribution in [0.1, 0.15) is 19.4 Å². The van der Waals surface area contributed by atoms with Gasteiger partial charge in [-0.2, -0.15) is 0 Å². The smallest absolute Gasteiger partial charge is 0.196 e. The zero-order valence-corrected chi connectivity index (χ0v) is 11.1. The minimum atomic E-state index is 0.442. The minimum Gasteiger partial charge on any atom is -0.348 e. The van der Waals surface area contributed by atoms with Gasteiger partial charge in [0.2, 0.25) is 0 Å². The molecule has 1 aromatic carbocycles. The van der Waals surface area contributed by atoms with E-state index in [1.165, 1.54) is 0 Å². The van der Waals surface area contributed by atoms with Crippen molar-refractivity contribution in [2.45, 2.75) is 13.8 Å². The SMILES string of the molecule is CCN(CC)C(=S)/N=C(/Cl)c1ccccc1. The third-order valence-electron chi connectivity index (χ3n) is 2.24. The standard InChI is InChI=1S/C12H15ClN2S/c1-3-15(4-2)12(16)14-11(13)10-8-6-5-7-9-10/h5-9H,3-4H2,1-2H3/b14-11+. The van der Waals surface area contributed by atoms with Crippen molar-refractivity contribution in [3.8, 4) is 0 Å². The highest BCUT2D eigenvalue weighted by Crippen LogP contribution is 2.06. The third-order valence-corrected chi connectivity index (χ3v) is 2.89. The molecule has 1 rings (SSSR count). The molecule has 86 valence electrons. The van der Waals surface area contributed by atoms with Crippen LogP contribution in [0.5, 0.6) is 0 Å². The van der Waals surface area contributed by atoms with Gasteiger partial charge < -0.3 is 4.90 Å². The molecule has 0 saturated carbocycles. The molecule has 0 radical (unpaired) electrons. The topological polar surface area (TPSA) is 15.6 Å². The fourth-order valence-electron chi connectivity index (χ4n) is 1.29. The van der Waals surface area contributed by atoms with Crippen LogP contribution in [0.25, 0.3) is 0 Å². The minimum absolute atomic E-state index is 0.442. The normalized spacial score (nSPS) is 11.3. The molecule has 1 aromatic rings. The van der Waals surface area contributed by atoms with E-state index in [4.69, 9.17) is 23.8 Å². The van der Waals surface area contributed by atoms with Crippen LogP contribution in [0.4, 0.5) is 0 Å². The van der Waals surface area contributed by atoms with Gasteiger partial charge in [0.1, 0.15) is 5.17 Å². The first-order valence-corrected chi connectivity index (χ1v) is 6.06. The molecule has 0 aliphatic carbocycles. The van der Waals surface area contributed by atoms with Gasteiger partial charge in [0, 0.05) is 18.7 Å². The molecule has 0 spiro atoms. The number of thiocarbonyl (C=S) groups is 1. The van der Waals surface area contributed by atoms with Gasteiger partial charge in [-0.3, -0.25) is 0 Å². The zero-order chi connectivity index (χ0) is 12.0. The lowest BCUT2D eigenvalue weighted by Gasteiger charge is -2.18. The highest BCUT2D eigenvalue weighted by molar-refractivity contribution is 7.80. The van der Waals surface area contributed by atoms with Crippen molar-refractivity contribution in [2.24, 2.45) is 4.99 Å². The average Bonchev–Trinajstić information content (AvgIpc) is 2.31. The highest BCUT2D eigenvalue weighted by Gasteiger charge is 2.05. The van der Waals surface area contributed by atoms with E-state index in [1.807, 2.05) is 49.1 Å². The second kappa shape index (κ2) is 6.61. The molecule has 0 N–H and O–H groups in total. The first-order valence-electron chi connectivity index (χ1n) is 5.27. The van der Waals surface area contributed by atoms with E-state index in [-0.39, 0.29) is 0 Å². The summed E-state index contributed by atoms with van der Waals surface area (Å²) < 4.78 is 0. The second-order valence-electron chi connectivity index (χ2n) is 3.22. The molecular formula is C12H15ClN2S. The fraction of sp³-hybridized carbons (Fsp3) is 0.333. The Morgan fingerprint density at radius 3 is 2.31 bits per heavy atom. The summed E-state index contributed by atoms with van der Waals surface area (Å²) in [6.07, 6.45) is 0. The summed E-state index contributed by atoms with van der Waals surface area (Å²) in [4.78, 5) is 6.22. The Balaban J connectivity index is 2.81. The van der Waals surface area contributed by atoms with Gasteiger partial charge >= 0.3 is 0 Å². The number of hydrogen-bond acceptors (Lipinski definition) is 1. The molecule has 2 nitrogen and oxygen atoms in total. The van der Waals surface area contributed by atoms with Crippen LogP contribution in [0.2, 0.25) is 0 Å². The lowest BCUT2D eigenvalue weighted by Crippen LogP contribution is -2.28. The van der Waals surface area contributed by atoms with E-state index in [1.54, 1.807) is 0 Å². The third kappa shape index (κ3) is 3.58. The van der Waals surface area contributed by atoms with Crippen molar-refractivity contribution in [1.29, 1.82) is 0 Å². The molecule has 0 aliphatic heterocycles.